The van der Waals surface area contributed by atoms with Crippen LogP contribution >= 0.6 is 0 Å². The normalized spacial score (nSPS) is 17.0. The summed E-state index contributed by atoms with van der Waals surface area (Å²) in [4.78, 5) is 23.0. The maximum Gasteiger partial charge on any atom is 0.307 e. The van der Waals surface area contributed by atoms with Crippen molar-refractivity contribution >= 4 is 29.0 Å². The van der Waals surface area contributed by atoms with Crippen LogP contribution in [-0.2, 0) is 9.53 Å². The zero-order chi connectivity index (χ0) is 27.7. The number of rotatable bonds is 5. The number of aryl methyl sites for hydroxylation is 1. The number of ether oxygens (including phenoxy) is 2. The van der Waals surface area contributed by atoms with Gasteiger partial charge in [-0.2, -0.15) is 0 Å². The maximum atomic E-state index is 15.1. The van der Waals surface area contributed by atoms with Crippen LogP contribution in [0.25, 0.3) is 0 Å². The molecule has 0 amide bonds. The molecule has 1 saturated heterocycles. The number of guanidine groups is 1. The molecular weight excluding hydrogens is 509 g/mol. The molecule has 7 nitrogen and oxygen atoms in total. The number of carbonyl (C=O) groups is 1. The molecule has 0 N–H and O–H groups in total. The zero-order valence-electron chi connectivity index (χ0n) is 22.0. The van der Waals surface area contributed by atoms with E-state index in [9.17, 15) is 13.6 Å². The van der Waals surface area contributed by atoms with Crippen molar-refractivity contribution in [3.8, 4) is 5.75 Å². The van der Waals surface area contributed by atoms with E-state index in [2.05, 4.69) is 0 Å². The third kappa shape index (κ3) is 5.10. The monoisotopic (exact) mass is 538 g/mol. The highest BCUT2D eigenvalue weighted by Gasteiger charge is 2.39. The fourth-order valence-corrected chi connectivity index (χ4v) is 5.16. The molecule has 3 aromatic rings. The van der Waals surface area contributed by atoms with Crippen LogP contribution in [0.15, 0.2) is 59.6 Å². The summed E-state index contributed by atoms with van der Waals surface area (Å²) < 4.78 is 54.2. The quantitative estimate of drug-likeness (QED) is 0.408. The molecule has 1 unspecified atom stereocenters. The Hall–Kier alpha value is -4.21. The van der Waals surface area contributed by atoms with Crippen LogP contribution in [0.5, 0.6) is 5.75 Å². The number of hydrogen-bond acceptors (Lipinski definition) is 7. The third-order valence-corrected chi connectivity index (χ3v) is 7.11. The molecule has 0 radical (unpaired) electrons. The molecule has 39 heavy (non-hydrogen) atoms. The lowest BCUT2D eigenvalue weighted by atomic mass is 9.96. The summed E-state index contributed by atoms with van der Waals surface area (Å²) in [5.74, 6) is -0.981. The Kier molecular flexibility index (Phi) is 7.36. The van der Waals surface area contributed by atoms with Crippen LogP contribution in [0.2, 0.25) is 0 Å². The molecule has 204 valence electrons. The van der Waals surface area contributed by atoms with E-state index in [1.165, 1.54) is 19.2 Å². The lowest BCUT2D eigenvalue weighted by Crippen LogP contribution is -2.55. The summed E-state index contributed by atoms with van der Waals surface area (Å²) in [6.07, 6.45) is -0.0580. The first-order valence-electron chi connectivity index (χ1n) is 12.6. The highest BCUT2D eigenvalue weighted by molar-refractivity contribution is 6.02. The second-order valence-electron chi connectivity index (χ2n) is 9.50. The van der Waals surface area contributed by atoms with Gasteiger partial charge in [0, 0.05) is 37.8 Å². The summed E-state index contributed by atoms with van der Waals surface area (Å²) in [5, 5.41) is 0. The Labute approximate surface area is 225 Å². The van der Waals surface area contributed by atoms with Gasteiger partial charge in [0.15, 0.2) is 0 Å². The molecule has 3 aromatic carbocycles. The summed E-state index contributed by atoms with van der Waals surface area (Å²) >= 11 is 0. The topological polar surface area (TPSA) is 57.6 Å². The summed E-state index contributed by atoms with van der Waals surface area (Å²) in [6.45, 7) is 3.50. The number of anilines is 2. The number of hydrogen-bond donors (Lipinski definition) is 0. The minimum atomic E-state index is -0.634. The van der Waals surface area contributed by atoms with E-state index in [-0.39, 0.29) is 17.8 Å². The van der Waals surface area contributed by atoms with Crippen molar-refractivity contribution in [2.45, 2.75) is 19.4 Å². The van der Waals surface area contributed by atoms with Gasteiger partial charge in [-0.25, -0.2) is 18.2 Å². The number of aliphatic imine (C=N–C) groups is 1. The minimum Gasteiger partial charge on any atom is -0.495 e. The minimum absolute atomic E-state index is 0.0580. The molecule has 2 heterocycles. The average Bonchev–Trinajstić information content (AvgIpc) is 2.94. The molecule has 0 saturated carbocycles. The largest absolute Gasteiger partial charge is 0.495 e. The SMILES string of the molecule is COC(=O)CC1c2cccc(F)c2N=C(N2CCN(c3cc(F)ccc3F)CC2)N1c1cc(C)ccc1OC. The number of benzene rings is 3. The molecule has 1 atom stereocenters. The molecule has 10 heteroatoms. The first-order chi connectivity index (χ1) is 18.8. The number of para-hydroxylation sites is 1. The number of piperazine rings is 1. The number of nitrogens with zero attached hydrogens (tertiary/aromatic N) is 4. The number of esters is 1. The summed E-state index contributed by atoms with van der Waals surface area (Å²) in [7, 11) is 2.87. The van der Waals surface area contributed by atoms with Gasteiger partial charge in [-0.05, 0) is 42.8 Å². The van der Waals surface area contributed by atoms with Gasteiger partial charge >= 0.3 is 5.97 Å². The second-order valence-corrected chi connectivity index (χ2v) is 9.50. The molecule has 0 aliphatic carbocycles. The predicted molar refractivity (Wildman–Crippen MR) is 143 cm³/mol. The summed E-state index contributed by atoms with van der Waals surface area (Å²) in [6, 6.07) is 13.1. The highest BCUT2D eigenvalue weighted by atomic mass is 19.1. The van der Waals surface area contributed by atoms with Gasteiger partial charge in [-0.3, -0.25) is 4.79 Å². The van der Waals surface area contributed by atoms with E-state index >= 15 is 4.39 Å². The molecule has 5 rings (SSSR count). The number of halogens is 3. The van der Waals surface area contributed by atoms with E-state index < -0.39 is 29.5 Å². The van der Waals surface area contributed by atoms with Crippen LogP contribution in [0.3, 0.4) is 0 Å². The van der Waals surface area contributed by atoms with Crippen LogP contribution in [0.4, 0.5) is 30.2 Å². The fraction of sp³-hybridized carbons (Fsp3) is 0.310. The fourth-order valence-electron chi connectivity index (χ4n) is 5.16. The molecule has 0 bridgehead atoms. The van der Waals surface area contributed by atoms with E-state index in [1.807, 2.05) is 34.9 Å². The van der Waals surface area contributed by atoms with E-state index in [0.29, 0.717) is 49.1 Å². The van der Waals surface area contributed by atoms with Gasteiger partial charge < -0.3 is 24.2 Å². The first kappa shape index (κ1) is 26.4. The van der Waals surface area contributed by atoms with Crippen LogP contribution in [0.1, 0.15) is 23.6 Å². The zero-order valence-corrected chi connectivity index (χ0v) is 22.0. The Morgan fingerprint density at radius 2 is 1.67 bits per heavy atom. The van der Waals surface area contributed by atoms with E-state index in [1.54, 1.807) is 24.1 Å². The number of methoxy groups -OCH3 is 2. The van der Waals surface area contributed by atoms with Gasteiger partial charge in [0.05, 0.1) is 38.1 Å². The van der Waals surface area contributed by atoms with Crippen LogP contribution in [0, 0.1) is 24.4 Å². The maximum absolute atomic E-state index is 15.1. The Morgan fingerprint density at radius 3 is 2.38 bits per heavy atom. The number of fused-ring (bicyclic) bond motifs is 1. The predicted octanol–water partition coefficient (Wildman–Crippen LogP) is 5.36. The van der Waals surface area contributed by atoms with E-state index in [0.717, 1.165) is 17.7 Å². The van der Waals surface area contributed by atoms with Gasteiger partial charge in [0.1, 0.15) is 28.9 Å². The second kappa shape index (κ2) is 10.9. The lowest BCUT2D eigenvalue weighted by Gasteiger charge is -2.45. The van der Waals surface area contributed by atoms with Crippen molar-refractivity contribution < 1.29 is 27.4 Å². The van der Waals surface area contributed by atoms with E-state index in [4.69, 9.17) is 14.5 Å². The summed E-state index contributed by atoms with van der Waals surface area (Å²) in [5.41, 5.74) is 2.52. The standard InChI is InChI=1S/C29H29F3N4O3/c1-18-7-10-26(38-2)25(15-18)36-23(17-27(37)39-3)20-5-4-6-22(32)28(20)33-29(36)35-13-11-34(12-14-35)24-16-19(30)8-9-21(24)31/h4-10,15-16,23H,11-14,17H2,1-3H3. The van der Waals surface area contributed by atoms with Gasteiger partial charge in [0.25, 0.3) is 0 Å². The highest BCUT2D eigenvalue weighted by Crippen LogP contribution is 2.44. The van der Waals surface area contributed by atoms with Crippen molar-refractivity contribution in [2.75, 3.05) is 50.2 Å². The molecule has 2 aliphatic heterocycles. The molecular formula is C29H29F3N4O3. The van der Waals surface area contributed by atoms with Gasteiger partial charge in [-0.1, -0.05) is 18.2 Å². The van der Waals surface area contributed by atoms with Gasteiger partial charge in [0.2, 0.25) is 5.96 Å². The van der Waals surface area contributed by atoms with Crippen LogP contribution in [-0.4, -0.2) is 57.2 Å². The molecule has 0 spiro atoms. The molecule has 0 aromatic heterocycles. The Bertz CT molecular complexity index is 1420. The van der Waals surface area contributed by atoms with Crippen molar-refractivity contribution in [1.29, 1.82) is 0 Å². The first-order valence-corrected chi connectivity index (χ1v) is 12.6. The van der Waals surface area contributed by atoms with Gasteiger partial charge in [-0.15, -0.1) is 0 Å². The third-order valence-electron chi connectivity index (χ3n) is 7.11. The van der Waals surface area contributed by atoms with Crippen molar-refractivity contribution in [2.24, 2.45) is 4.99 Å². The van der Waals surface area contributed by atoms with Crippen molar-refractivity contribution in [3.63, 3.8) is 0 Å². The Morgan fingerprint density at radius 1 is 0.923 bits per heavy atom. The van der Waals surface area contributed by atoms with Crippen molar-refractivity contribution in [3.05, 3.63) is 83.2 Å². The van der Waals surface area contributed by atoms with Crippen LogP contribution < -0.4 is 14.5 Å². The Balaban J connectivity index is 1.59. The molecule has 2 aliphatic rings. The molecule has 1 fully saturated rings. The number of carbonyl (C=O) groups excluding carboxylic acids is 1. The average molecular weight is 539 g/mol. The smallest absolute Gasteiger partial charge is 0.307 e. The van der Waals surface area contributed by atoms with Crippen molar-refractivity contribution in [1.82, 2.24) is 4.90 Å². The lowest BCUT2D eigenvalue weighted by molar-refractivity contribution is -0.141.